The molecule has 2 aliphatic heterocycles. The van der Waals surface area contributed by atoms with Crippen LogP contribution in [-0.4, -0.2) is 59.5 Å². The summed E-state index contributed by atoms with van der Waals surface area (Å²) in [5.41, 5.74) is 1.02. The van der Waals surface area contributed by atoms with Crippen molar-refractivity contribution in [2.24, 2.45) is 5.92 Å². The summed E-state index contributed by atoms with van der Waals surface area (Å²) in [6.07, 6.45) is 5.85. The minimum Gasteiger partial charge on any atom is -0.341 e. The Morgan fingerprint density at radius 1 is 1.30 bits per heavy atom. The van der Waals surface area contributed by atoms with Gasteiger partial charge in [0.05, 0.1) is 0 Å². The van der Waals surface area contributed by atoms with Gasteiger partial charge in [-0.3, -0.25) is 14.7 Å². The summed E-state index contributed by atoms with van der Waals surface area (Å²) in [6, 6.07) is 4.12. The number of piperidine rings is 1. The summed E-state index contributed by atoms with van der Waals surface area (Å²) in [5.74, 6) is 0.979. The molecule has 0 spiro atoms. The van der Waals surface area contributed by atoms with Crippen molar-refractivity contribution < 1.29 is 4.79 Å². The third-order valence-corrected chi connectivity index (χ3v) is 5.21. The van der Waals surface area contributed by atoms with E-state index in [0.717, 1.165) is 57.0 Å². The van der Waals surface area contributed by atoms with Gasteiger partial charge in [-0.05, 0) is 37.3 Å². The molecule has 0 bridgehead atoms. The van der Waals surface area contributed by atoms with E-state index >= 15 is 0 Å². The first kappa shape index (κ1) is 16.4. The first-order valence-corrected chi connectivity index (χ1v) is 8.82. The van der Waals surface area contributed by atoms with Gasteiger partial charge in [-0.1, -0.05) is 13.0 Å². The second-order valence-electron chi connectivity index (χ2n) is 6.99. The van der Waals surface area contributed by atoms with E-state index in [2.05, 4.69) is 33.9 Å². The number of rotatable bonds is 3. The lowest BCUT2D eigenvalue weighted by Gasteiger charge is -2.42. The van der Waals surface area contributed by atoms with Gasteiger partial charge in [-0.15, -0.1) is 0 Å². The van der Waals surface area contributed by atoms with Crippen molar-refractivity contribution in [1.29, 1.82) is 0 Å². The maximum atomic E-state index is 13.3. The summed E-state index contributed by atoms with van der Waals surface area (Å²) in [4.78, 5) is 21.9. The number of hydrogen-bond acceptors (Lipinski definition) is 4. The lowest BCUT2D eigenvalue weighted by Crippen LogP contribution is -2.55. The molecule has 23 heavy (non-hydrogen) atoms. The number of pyridine rings is 1. The number of carbonyl (C=O) groups is 1. The molecule has 0 radical (unpaired) electrons. The molecule has 0 saturated carbocycles. The van der Waals surface area contributed by atoms with Gasteiger partial charge < -0.3 is 10.2 Å². The predicted molar refractivity (Wildman–Crippen MR) is 91.0 cm³/mol. The summed E-state index contributed by atoms with van der Waals surface area (Å²) < 4.78 is 0. The van der Waals surface area contributed by atoms with Crippen LogP contribution in [0.1, 0.15) is 38.3 Å². The molecule has 1 aromatic rings. The van der Waals surface area contributed by atoms with E-state index in [4.69, 9.17) is 0 Å². The van der Waals surface area contributed by atoms with E-state index in [1.807, 2.05) is 18.3 Å². The van der Waals surface area contributed by atoms with Crippen molar-refractivity contribution in [2.75, 3.05) is 32.7 Å². The second kappa shape index (κ2) is 7.41. The topological polar surface area (TPSA) is 48.5 Å². The fourth-order valence-electron chi connectivity index (χ4n) is 3.66. The second-order valence-corrected chi connectivity index (χ2v) is 6.99. The van der Waals surface area contributed by atoms with Gasteiger partial charge in [-0.2, -0.15) is 0 Å². The molecule has 1 amide bonds. The largest absolute Gasteiger partial charge is 0.341 e. The number of likely N-dealkylation sites (tertiary alicyclic amines) is 1. The van der Waals surface area contributed by atoms with Crippen LogP contribution in [0.25, 0.3) is 0 Å². The number of nitrogens with zero attached hydrogens (tertiary/aromatic N) is 3. The number of hydrogen-bond donors (Lipinski definition) is 1. The van der Waals surface area contributed by atoms with E-state index in [1.165, 1.54) is 0 Å². The van der Waals surface area contributed by atoms with E-state index in [9.17, 15) is 4.79 Å². The quantitative estimate of drug-likeness (QED) is 0.922. The minimum atomic E-state index is -0.200. The van der Waals surface area contributed by atoms with Crippen LogP contribution in [0.4, 0.5) is 0 Å². The fourth-order valence-corrected chi connectivity index (χ4v) is 3.66. The number of nitrogens with one attached hydrogen (secondary N) is 1. The zero-order chi connectivity index (χ0) is 16.2. The number of aromatic nitrogens is 1. The van der Waals surface area contributed by atoms with E-state index in [0.29, 0.717) is 6.04 Å². The maximum absolute atomic E-state index is 13.3. The molecule has 0 aliphatic carbocycles. The Morgan fingerprint density at radius 2 is 2.09 bits per heavy atom. The monoisotopic (exact) mass is 316 g/mol. The maximum Gasteiger partial charge on any atom is 0.244 e. The Labute approximate surface area is 139 Å². The first-order valence-electron chi connectivity index (χ1n) is 8.82. The molecule has 2 aliphatic rings. The SMILES string of the molecule is CC1CCN(C(=O)C(c2cccnc2)N2CCNCC2C)CC1. The third kappa shape index (κ3) is 3.72. The number of piperazine rings is 1. The van der Waals surface area contributed by atoms with Gasteiger partial charge in [0.25, 0.3) is 0 Å². The van der Waals surface area contributed by atoms with Crippen molar-refractivity contribution in [3.05, 3.63) is 30.1 Å². The van der Waals surface area contributed by atoms with Crippen LogP contribution in [0.3, 0.4) is 0 Å². The zero-order valence-electron chi connectivity index (χ0n) is 14.2. The van der Waals surface area contributed by atoms with Gasteiger partial charge in [-0.25, -0.2) is 0 Å². The molecule has 2 fully saturated rings. The average molecular weight is 316 g/mol. The van der Waals surface area contributed by atoms with Crippen molar-refractivity contribution >= 4 is 5.91 Å². The van der Waals surface area contributed by atoms with Crippen LogP contribution in [0.2, 0.25) is 0 Å². The Balaban J connectivity index is 1.84. The standard InChI is InChI=1S/C18H28N4O/c1-14-5-9-21(10-6-14)18(23)17(16-4-3-7-19-13-16)22-11-8-20-12-15(22)2/h3-4,7,13-15,17,20H,5-6,8-12H2,1-2H3. The van der Waals surface area contributed by atoms with E-state index in [1.54, 1.807) is 6.20 Å². The molecule has 2 unspecified atom stereocenters. The molecule has 1 N–H and O–H groups in total. The van der Waals surface area contributed by atoms with Crippen molar-refractivity contribution in [3.63, 3.8) is 0 Å². The Hall–Kier alpha value is -1.46. The summed E-state index contributed by atoms with van der Waals surface area (Å²) in [6.45, 7) is 9.01. The first-order chi connectivity index (χ1) is 11.2. The summed E-state index contributed by atoms with van der Waals surface area (Å²) in [5, 5.41) is 3.41. The molecule has 0 aromatic carbocycles. The van der Waals surface area contributed by atoms with E-state index in [-0.39, 0.29) is 11.9 Å². The van der Waals surface area contributed by atoms with Crippen molar-refractivity contribution in [2.45, 2.75) is 38.8 Å². The van der Waals surface area contributed by atoms with Crippen molar-refractivity contribution in [3.8, 4) is 0 Å². The predicted octanol–water partition coefficient (Wildman–Crippen LogP) is 1.67. The third-order valence-electron chi connectivity index (χ3n) is 5.21. The number of amides is 1. The van der Waals surface area contributed by atoms with Gasteiger partial charge in [0.2, 0.25) is 5.91 Å². The molecule has 2 atom stereocenters. The summed E-state index contributed by atoms with van der Waals surface area (Å²) in [7, 11) is 0. The van der Waals surface area contributed by atoms with Crippen LogP contribution in [0, 0.1) is 5.92 Å². The van der Waals surface area contributed by atoms with Crippen LogP contribution in [0.15, 0.2) is 24.5 Å². The molecule has 5 nitrogen and oxygen atoms in total. The van der Waals surface area contributed by atoms with Crippen LogP contribution < -0.4 is 5.32 Å². The highest BCUT2D eigenvalue weighted by molar-refractivity contribution is 5.83. The number of carbonyl (C=O) groups excluding carboxylic acids is 1. The van der Waals surface area contributed by atoms with Gasteiger partial charge in [0.1, 0.15) is 6.04 Å². The average Bonchev–Trinajstić information content (AvgIpc) is 2.58. The molecule has 3 heterocycles. The molecule has 3 rings (SSSR count). The van der Waals surface area contributed by atoms with Crippen LogP contribution >= 0.6 is 0 Å². The minimum absolute atomic E-state index is 0.200. The molecule has 2 saturated heterocycles. The normalized spacial score (nSPS) is 25.3. The lowest BCUT2D eigenvalue weighted by molar-refractivity contribution is -0.140. The summed E-state index contributed by atoms with van der Waals surface area (Å²) >= 11 is 0. The fraction of sp³-hybridized carbons (Fsp3) is 0.667. The smallest absolute Gasteiger partial charge is 0.244 e. The van der Waals surface area contributed by atoms with E-state index < -0.39 is 0 Å². The Kier molecular flexibility index (Phi) is 5.28. The van der Waals surface area contributed by atoms with Gasteiger partial charge in [0.15, 0.2) is 0 Å². The van der Waals surface area contributed by atoms with Gasteiger partial charge in [0, 0.05) is 51.2 Å². The van der Waals surface area contributed by atoms with Crippen LogP contribution in [0.5, 0.6) is 0 Å². The molecule has 5 heteroatoms. The molecular weight excluding hydrogens is 288 g/mol. The molecule has 1 aromatic heterocycles. The van der Waals surface area contributed by atoms with Crippen molar-refractivity contribution in [1.82, 2.24) is 20.1 Å². The molecular formula is C18H28N4O. The lowest BCUT2D eigenvalue weighted by atomic mass is 9.96. The zero-order valence-corrected chi connectivity index (χ0v) is 14.2. The Bertz CT molecular complexity index is 513. The molecule has 126 valence electrons. The van der Waals surface area contributed by atoms with Gasteiger partial charge >= 0.3 is 0 Å². The highest BCUT2D eigenvalue weighted by Crippen LogP contribution is 2.28. The Morgan fingerprint density at radius 3 is 2.74 bits per heavy atom. The highest BCUT2D eigenvalue weighted by Gasteiger charge is 2.36. The highest BCUT2D eigenvalue weighted by atomic mass is 16.2. The van der Waals surface area contributed by atoms with Crippen LogP contribution in [-0.2, 0) is 4.79 Å².